The van der Waals surface area contributed by atoms with E-state index in [-0.39, 0.29) is 18.0 Å². The van der Waals surface area contributed by atoms with Gasteiger partial charge in [0.15, 0.2) is 5.78 Å². The summed E-state index contributed by atoms with van der Waals surface area (Å²) in [5.74, 6) is -0.838. The Bertz CT molecular complexity index is 700. The normalized spacial score (nSPS) is 17.6. The minimum Gasteiger partial charge on any atom is -0.484 e. The number of Topliss-reactive ketones (excluding diaryl/α,β-unsaturated/α-hetero) is 1. The van der Waals surface area contributed by atoms with Crippen molar-refractivity contribution >= 4 is 21.7 Å². The lowest BCUT2D eigenvalue weighted by Gasteiger charge is -2.26. The van der Waals surface area contributed by atoms with Gasteiger partial charge in [-0.05, 0) is 30.3 Å². The molecule has 102 valence electrons. The van der Waals surface area contributed by atoms with Gasteiger partial charge >= 0.3 is 0 Å². The SMILES string of the molecule is O=C1CC(c2cc(F)ccc2Br)Oc2cc(F)ccc21. The number of ketones is 1. The minimum absolute atomic E-state index is 0.0979. The third-order valence-corrected chi connectivity index (χ3v) is 3.91. The zero-order valence-electron chi connectivity index (χ0n) is 10.2. The van der Waals surface area contributed by atoms with Crippen LogP contribution >= 0.6 is 15.9 Å². The van der Waals surface area contributed by atoms with Gasteiger partial charge < -0.3 is 4.74 Å². The molecule has 1 heterocycles. The molecule has 1 aliphatic heterocycles. The molecule has 0 fully saturated rings. The van der Waals surface area contributed by atoms with Gasteiger partial charge in [0.05, 0.1) is 12.0 Å². The number of rotatable bonds is 1. The molecule has 1 atom stereocenters. The fraction of sp³-hybridized carbons (Fsp3) is 0.133. The highest BCUT2D eigenvalue weighted by molar-refractivity contribution is 9.10. The van der Waals surface area contributed by atoms with E-state index in [4.69, 9.17) is 4.74 Å². The molecule has 0 amide bonds. The molecule has 1 aliphatic rings. The molecule has 2 aromatic carbocycles. The van der Waals surface area contributed by atoms with Gasteiger partial charge in [-0.2, -0.15) is 0 Å². The molecule has 0 aromatic heterocycles. The van der Waals surface area contributed by atoms with Gasteiger partial charge in [-0.1, -0.05) is 15.9 Å². The fourth-order valence-corrected chi connectivity index (χ4v) is 2.73. The van der Waals surface area contributed by atoms with Crippen LogP contribution in [0.25, 0.3) is 0 Å². The first-order chi connectivity index (χ1) is 9.54. The van der Waals surface area contributed by atoms with Crippen LogP contribution in [0.3, 0.4) is 0 Å². The van der Waals surface area contributed by atoms with Crippen molar-refractivity contribution in [1.29, 1.82) is 0 Å². The lowest BCUT2D eigenvalue weighted by atomic mass is 9.96. The average molecular weight is 339 g/mol. The third-order valence-electron chi connectivity index (χ3n) is 3.19. The predicted octanol–water partition coefficient (Wildman–Crippen LogP) is 4.43. The smallest absolute Gasteiger partial charge is 0.170 e. The summed E-state index contributed by atoms with van der Waals surface area (Å²) in [7, 11) is 0. The van der Waals surface area contributed by atoms with E-state index >= 15 is 0 Å². The van der Waals surface area contributed by atoms with E-state index < -0.39 is 17.7 Å². The molecule has 3 rings (SSSR count). The first-order valence-electron chi connectivity index (χ1n) is 5.99. The maximum absolute atomic E-state index is 13.3. The van der Waals surface area contributed by atoms with Crippen LogP contribution in [0.1, 0.15) is 28.4 Å². The Kier molecular flexibility index (Phi) is 3.30. The first kappa shape index (κ1) is 13.2. The van der Waals surface area contributed by atoms with Crippen molar-refractivity contribution in [3.8, 4) is 5.75 Å². The van der Waals surface area contributed by atoms with Gasteiger partial charge in [0.25, 0.3) is 0 Å². The van der Waals surface area contributed by atoms with Gasteiger partial charge in [0.2, 0.25) is 0 Å². The maximum Gasteiger partial charge on any atom is 0.170 e. The monoisotopic (exact) mass is 338 g/mol. The molecule has 1 unspecified atom stereocenters. The quantitative estimate of drug-likeness (QED) is 0.768. The second-order valence-electron chi connectivity index (χ2n) is 4.54. The van der Waals surface area contributed by atoms with Gasteiger partial charge in [0.1, 0.15) is 23.5 Å². The Morgan fingerprint density at radius 3 is 2.60 bits per heavy atom. The summed E-state index contributed by atoms with van der Waals surface area (Å²) in [6.07, 6.45) is -0.525. The summed E-state index contributed by atoms with van der Waals surface area (Å²) in [6.45, 7) is 0. The highest BCUT2D eigenvalue weighted by Crippen LogP contribution is 2.37. The molecular formula is C15H9BrF2O2. The van der Waals surface area contributed by atoms with Crippen molar-refractivity contribution in [2.45, 2.75) is 12.5 Å². The summed E-state index contributed by atoms with van der Waals surface area (Å²) in [6, 6.07) is 7.98. The van der Waals surface area contributed by atoms with Crippen molar-refractivity contribution in [2.75, 3.05) is 0 Å². The Hall–Kier alpha value is -1.75. The zero-order chi connectivity index (χ0) is 14.3. The zero-order valence-corrected chi connectivity index (χ0v) is 11.8. The van der Waals surface area contributed by atoms with Gasteiger partial charge in [-0.25, -0.2) is 8.78 Å². The molecule has 20 heavy (non-hydrogen) atoms. The Labute approximate surface area is 122 Å². The lowest BCUT2D eigenvalue weighted by Crippen LogP contribution is -2.21. The second-order valence-corrected chi connectivity index (χ2v) is 5.39. The third kappa shape index (κ3) is 2.33. The summed E-state index contributed by atoms with van der Waals surface area (Å²) >= 11 is 3.31. The number of fused-ring (bicyclic) bond motifs is 1. The molecule has 2 nitrogen and oxygen atoms in total. The van der Waals surface area contributed by atoms with Crippen LogP contribution in [0.5, 0.6) is 5.75 Å². The molecule has 0 radical (unpaired) electrons. The van der Waals surface area contributed by atoms with E-state index in [1.807, 2.05) is 0 Å². The number of carbonyl (C=O) groups is 1. The van der Waals surface area contributed by atoms with Crippen LogP contribution < -0.4 is 4.74 Å². The van der Waals surface area contributed by atoms with Gasteiger partial charge in [-0.3, -0.25) is 4.79 Å². The first-order valence-corrected chi connectivity index (χ1v) is 6.78. The van der Waals surface area contributed by atoms with Gasteiger partial charge in [0, 0.05) is 16.1 Å². The van der Waals surface area contributed by atoms with E-state index in [0.717, 1.165) is 0 Å². The van der Waals surface area contributed by atoms with Crippen LogP contribution in [0.4, 0.5) is 8.78 Å². The molecule has 0 saturated carbocycles. The molecule has 0 aliphatic carbocycles. The summed E-state index contributed by atoms with van der Waals surface area (Å²) in [5, 5.41) is 0. The Morgan fingerprint density at radius 2 is 1.80 bits per heavy atom. The maximum atomic E-state index is 13.3. The molecular weight excluding hydrogens is 330 g/mol. The Balaban J connectivity index is 2.02. The molecule has 0 saturated heterocycles. The van der Waals surface area contributed by atoms with E-state index in [0.29, 0.717) is 15.6 Å². The number of hydrogen-bond acceptors (Lipinski definition) is 2. The van der Waals surface area contributed by atoms with E-state index in [1.165, 1.54) is 30.3 Å². The van der Waals surface area contributed by atoms with E-state index in [9.17, 15) is 13.6 Å². The van der Waals surface area contributed by atoms with E-state index in [1.54, 1.807) is 6.07 Å². The largest absolute Gasteiger partial charge is 0.484 e. The van der Waals surface area contributed by atoms with Crippen molar-refractivity contribution < 1.29 is 18.3 Å². The second kappa shape index (κ2) is 4.98. The van der Waals surface area contributed by atoms with Crippen LogP contribution in [0.15, 0.2) is 40.9 Å². The van der Waals surface area contributed by atoms with Crippen molar-refractivity contribution in [3.63, 3.8) is 0 Å². The summed E-state index contributed by atoms with van der Waals surface area (Å²) in [5.41, 5.74) is 0.892. The number of hydrogen-bond donors (Lipinski definition) is 0. The molecule has 5 heteroatoms. The average Bonchev–Trinajstić information content (AvgIpc) is 2.41. The number of benzene rings is 2. The molecule has 2 aromatic rings. The van der Waals surface area contributed by atoms with Crippen LogP contribution in [0, 0.1) is 11.6 Å². The number of ether oxygens (including phenoxy) is 1. The lowest BCUT2D eigenvalue weighted by molar-refractivity contribution is 0.0848. The van der Waals surface area contributed by atoms with Gasteiger partial charge in [-0.15, -0.1) is 0 Å². The summed E-state index contributed by atoms with van der Waals surface area (Å²) < 4.78 is 32.9. The number of halogens is 3. The van der Waals surface area contributed by atoms with Crippen LogP contribution in [-0.4, -0.2) is 5.78 Å². The van der Waals surface area contributed by atoms with Crippen LogP contribution in [0.2, 0.25) is 0 Å². The van der Waals surface area contributed by atoms with Crippen molar-refractivity contribution in [3.05, 3.63) is 63.6 Å². The number of carbonyl (C=O) groups excluding carboxylic acids is 1. The Morgan fingerprint density at radius 1 is 1.10 bits per heavy atom. The topological polar surface area (TPSA) is 26.3 Å². The fourth-order valence-electron chi connectivity index (χ4n) is 2.23. The summed E-state index contributed by atoms with van der Waals surface area (Å²) in [4.78, 5) is 12.1. The van der Waals surface area contributed by atoms with E-state index in [2.05, 4.69) is 15.9 Å². The predicted molar refractivity (Wildman–Crippen MR) is 72.8 cm³/mol. The molecule has 0 bridgehead atoms. The van der Waals surface area contributed by atoms with Crippen molar-refractivity contribution in [1.82, 2.24) is 0 Å². The molecule has 0 spiro atoms. The highest BCUT2D eigenvalue weighted by atomic mass is 79.9. The standard InChI is InChI=1S/C15H9BrF2O2/c16-12-4-2-8(17)5-11(12)15-7-13(19)10-3-1-9(18)6-14(10)20-15/h1-6,15H,7H2. The minimum atomic E-state index is -0.623. The molecule has 0 N–H and O–H groups in total. The van der Waals surface area contributed by atoms with Crippen LogP contribution in [-0.2, 0) is 0 Å². The van der Waals surface area contributed by atoms with Crippen molar-refractivity contribution in [2.24, 2.45) is 0 Å². The highest BCUT2D eigenvalue weighted by Gasteiger charge is 2.29.